The maximum atomic E-state index is 13.3. The van der Waals surface area contributed by atoms with Crippen LogP contribution in [0, 0.1) is 0 Å². The molecule has 2 amide bonds. The molecule has 0 atom stereocenters. The SMILES string of the molecule is CCCNC(=O)ON=C1CN(c2ccccc2)c2ccc(OC)cc2N(COC)C1=O. The molecule has 0 fully saturated rings. The molecule has 9 nitrogen and oxygen atoms in total. The Hall–Kier alpha value is -3.59. The first-order valence-corrected chi connectivity index (χ1v) is 9.92. The monoisotopic (exact) mass is 426 g/mol. The fourth-order valence-corrected chi connectivity index (χ4v) is 3.16. The molecule has 1 aliphatic heterocycles. The summed E-state index contributed by atoms with van der Waals surface area (Å²) < 4.78 is 10.6. The Morgan fingerprint density at radius 2 is 1.90 bits per heavy atom. The van der Waals surface area contributed by atoms with Crippen LogP contribution in [0.2, 0.25) is 0 Å². The van der Waals surface area contributed by atoms with Gasteiger partial charge in [-0.1, -0.05) is 30.3 Å². The molecule has 1 aliphatic rings. The van der Waals surface area contributed by atoms with E-state index in [4.69, 9.17) is 14.3 Å². The fourth-order valence-electron chi connectivity index (χ4n) is 3.16. The minimum atomic E-state index is -0.713. The number of benzene rings is 2. The normalized spacial score (nSPS) is 14.8. The lowest BCUT2D eigenvalue weighted by atomic mass is 10.2. The molecule has 3 rings (SSSR count). The number of anilines is 3. The van der Waals surface area contributed by atoms with E-state index >= 15 is 0 Å². The molecule has 2 aromatic carbocycles. The van der Waals surface area contributed by atoms with Crippen LogP contribution < -0.4 is 19.9 Å². The van der Waals surface area contributed by atoms with Gasteiger partial charge in [0.2, 0.25) is 0 Å². The quantitative estimate of drug-likeness (QED) is 0.540. The zero-order chi connectivity index (χ0) is 22.2. The van der Waals surface area contributed by atoms with Crippen molar-refractivity contribution in [2.45, 2.75) is 13.3 Å². The lowest BCUT2D eigenvalue weighted by Crippen LogP contribution is -2.39. The number of fused-ring (bicyclic) bond motifs is 1. The fraction of sp³-hybridized carbons (Fsp3) is 0.318. The van der Waals surface area contributed by atoms with Crippen molar-refractivity contribution >= 4 is 34.8 Å². The van der Waals surface area contributed by atoms with E-state index < -0.39 is 12.0 Å². The number of carbonyl (C=O) groups excluding carboxylic acids is 2. The first-order valence-electron chi connectivity index (χ1n) is 9.92. The molecule has 0 saturated carbocycles. The van der Waals surface area contributed by atoms with E-state index in [0.717, 1.165) is 17.8 Å². The number of hydrogen-bond donors (Lipinski definition) is 1. The van der Waals surface area contributed by atoms with Gasteiger partial charge in [0.15, 0.2) is 5.71 Å². The summed E-state index contributed by atoms with van der Waals surface area (Å²) in [5.74, 6) is 0.161. The van der Waals surface area contributed by atoms with Crippen LogP contribution in [0.1, 0.15) is 13.3 Å². The van der Waals surface area contributed by atoms with E-state index in [1.165, 1.54) is 12.0 Å². The third-order valence-corrected chi connectivity index (χ3v) is 4.65. The zero-order valence-electron chi connectivity index (χ0n) is 17.8. The number of ether oxygens (including phenoxy) is 2. The molecule has 0 saturated heterocycles. The van der Waals surface area contributed by atoms with Gasteiger partial charge in [-0.2, -0.15) is 0 Å². The Kier molecular flexibility index (Phi) is 7.45. The maximum Gasteiger partial charge on any atom is 0.433 e. The number of amides is 2. The molecule has 0 unspecified atom stereocenters. The lowest BCUT2D eigenvalue weighted by molar-refractivity contribution is -0.113. The lowest BCUT2D eigenvalue weighted by Gasteiger charge is -2.26. The Morgan fingerprint density at radius 1 is 1.13 bits per heavy atom. The average Bonchev–Trinajstić information content (AvgIpc) is 2.91. The summed E-state index contributed by atoms with van der Waals surface area (Å²) in [6.07, 6.45) is 0.0423. The third-order valence-electron chi connectivity index (χ3n) is 4.65. The van der Waals surface area contributed by atoms with E-state index in [2.05, 4.69) is 10.5 Å². The van der Waals surface area contributed by atoms with Crippen molar-refractivity contribution in [3.05, 3.63) is 48.5 Å². The highest BCUT2D eigenvalue weighted by Gasteiger charge is 2.33. The summed E-state index contributed by atoms with van der Waals surface area (Å²) in [6, 6.07) is 15.0. The highest BCUT2D eigenvalue weighted by Crippen LogP contribution is 2.39. The number of para-hydroxylation sites is 1. The van der Waals surface area contributed by atoms with Gasteiger partial charge in [-0.25, -0.2) is 4.79 Å². The van der Waals surface area contributed by atoms with Crippen LogP contribution in [-0.4, -0.2) is 51.8 Å². The molecule has 1 N–H and O–H groups in total. The molecule has 0 aromatic heterocycles. The first kappa shape index (κ1) is 22.1. The van der Waals surface area contributed by atoms with Crippen LogP contribution in [0.5, 0.6) is 5.75 Å². The number of methoxy groups -OCH3 is 2. The summed E-state index contributed by atoms with van der Waals surface area (Å²) in [5.41, 5.74) is 2.26. The van der Waals surface area contributed by atoms with Gasteiger partial charge in [0.05, 0.1) is 25.0 Å². The van der Waals surface area contributed by atoms with Crippen LogP contribution in [0.4, 0.5) is 21.9 Å². The van der Waals surface area contributed by atoms with E-state index in [1.54, 1.807) is 13.2 Å². The summed E-state index contributed by atoms with van der Waals surface area (Å²) in [5, 5.41) is 6.46. The molecule has 0 radical (unpaired) electrons. The number of hydrogen-bond acceptors (Lipinski definition) is 7. The van der Waals surface area contributed by atoms with Crippen molar-refractivity contribution in [3.63, 3.8) is 0 Å². The molecule has 1 heterocycles. The first-order chi connectivity index (χ1) is 15.1. The molecular formula is C22H26N4O5. The molecule has 2 aromatic rings. The predicted molar refractivity (Wildman–Crippen MR) is 118 cm³/mol. The molecule has 9 heteroatoms. The van der Waals surface area contributed by atoms with E-state index in [9.17, 15) is 9.59 Å². The summed E-state index contributed by atoms with van der Waals surface area (Å²) >= 11 is 0. The van der Waals surface area contributed by atoms with Crippen molar-refractivity contribution in [2.75, 3.05) is 43.8 Å². The minimum Gasteiger partial charge on any atom is -0.497 e. The zero-order valence-corrected chi connectivity index (χ0v) is 17.8. The molecule has 0 spiro atoms. The van der Waals surface area contributed by atoms with Crippen LogP contribution >= 0.6 is 0 Å². The largest absolute Gasteiger partial charge is 0.497 e. The van der Waals surface area contributed by atoms with Gasteiger partial charge in [0.25, 0.3) is 5.91 Å². The molecule has 164 valence electrons. The van der Waals surface area contributed by atoms with E-state index in [1.807, 2.05) is 54.3 Å². The summed E-state index contributed by atoms with van der Waals surface area (Å²) in [7, 11) is 3.06. The van der Waals surface area contributed by atoms with Crippen molar-refractivity contribution < 1.29 is 23.9 Å². The van der Waals surface area contributed by atoms with Gasteiger partial charge >= 0.3 is 6.09 Å². The van der Waals surface area contributed by atoms with Crippen LogP contribution in [-0.2, 0) is 14.4 Å². The highest BCUT2D eigenvalue weighted by atomic mass is 16.7. The van der Waals surface area contributed by atoms with Crippen LogP contribution in [0.15, 0.2) is 53.7 Å². The molecule has 0 aliphatic carbocycles. The Balaban J connectivity index is 2.07. The number of nitrogens with one attached hydrogen (secondary N) is 1. The Morgan fingerprint density at radius 3 is 2.58 bits per heavy atom. The van der Waals surface area contributed by atoms with Gasteiger partial charge in [0, 0.05) is 25.4 Å². The van der Waals surface area contributed by atoms with Crippen molar-refractivity contribution in [3.8, 4) is 5.75 Å². The topological polar surface area (TPSA) is 92.7 Å². The van der Waals surface area contributed by atoms with Gasteiger partial charge < -0.3 is 19.7 Å². The van der Waals surface area contributed by atoms with Crippen LogP contribution in [0.3, 0.4) is 0 Å². The van der Waals surface area contributed by atoms with Crippen molar-refractivity contribution in [1.29, 1.82) is 0 Å². The second kappa shape index (κ2) is 10.4. The van der Waals surface area contributed by atoms with E-state index in [-0.39, 0.29) is 19.0 Å². The number of nitrogens with zero attached hydrogens (tertiary/aromatic N) is 3. The maximum absolute atomic E-state index is 13.3. The third kappa shape index (κ3) is 5.13. The Labute approximate surface area is 181 Å². The van der Waals surface area contributed by atoms with Gasteiger partial charge in [0.1, 0.15) is 12.5 Å². The minimum absolute atomic E-state index is 0.0112. The number of oxime groups is 1. The summed E-state index contributed by atoms with van der Waals surface area (Å²) in [4.78, 5) is 33.5. The second-order valence-electron chi connectivity index (χ2n) is 6.77. The van der Waals surface area contributed by atoms with Crippen molar-refractivity contribution in [2.24, 2.45) is 5.16 Å². The van der Waals surface area contributed by atoms with Gasteiger partial charge in [-0.3, -0.25) is 14.5 Å². The van der Waals surface area contributed by atoms with Crippen molar-refractivity contribution in [1.82, 2.24) is 5.32 Å². The molecule has 31 heavy (non-hydrogen) atoms. The summed E-state index contributed by atoms with van der Waals surface area (Å²) in [6.45, 7) is 2.47. The van der Waals surface area contributed by atoms with Gasteiger partial charge in [-0.05, 0) is 30.7 Å². The highest BCUT2D eigenvalue weighted by molar-refractivity contribution is 6.46. The number of carbonyl (C=O) groups is 2. The van der Waals surface area contributed by atoms with E-state index in [0.29, 0.717) is 18.0 Å². The van der Waals surface area contributed by atoms with Gasteiger partial charge in [-0.15, -0.1) is 0 Å². The smallest absolute Gasteiger partial charge is 0.433 e. The average molecular weight is 426 g/mol. The molecule has 0 bridgehead atoms. The van der Waals surface area contributed by atoms with Crippen LogP contribution in [0.25, 0.3) is 0 Å². The Bertz CT molecular complexity index is 948. The standard InChI is InChI=1S/C22H26N4O5/c1-4-12-23-22(28)31-24-18-14-25(16-8-6-5-7-9-16)19-11-10-17(30-3)13-20(19)26(15-29-2)21(18)27/h5-11,13H,4,12,14-15H2,1-3H3,(H,23,28). The predicted octanol–water partition coefficient (Wildman–Crippen LogP) is 3.28. The number of rotatable bonds is 7. The second-order valence-corrected chi connectivity index (χ2v) is 6.77. The molecular weight excluding hydrogens is 400 g/mol.